The van der Waals surface area contributed by atoms with Crippen LogP contribution in [0.25, 0.3) is 0 Å². The predicted octanol–water partition coefficient (Wildman–Crippen LogP) is 3.90. The Balaban J connectivity index is 1.92. The largest absolute Gasteiger partial charge is 0.336 e. The molecule has 1 aliphatic carbocycles. The van der Waals surface area contributed by atoms with E-state index in [0.717, 1.165) is 29.7 Å². The van der Waals surface area contributed by atoms with Crippen molar-refractivity contribution in [1.29, 1.82) is 0 Å². The Morgan fingerprint density at radius 3 is 2.48 bits per heavy atom. The van der Waals surface area contributed by atoms with Gasteiger partial charge in [0.2, 0.25) is 15.0 Å². The molecule has 0 radical (unpaired) electrons. The van der Waals surface area contributed by atoms with Gasteiger partial charge in [-0.15, -0.1) is 0 Å². The van der Waals surface area contributed by atoms with Crippen LogP contribution in [0, 0.1) is 12.8 Å². The number of carbonyl (C=O) groups excluding carboxylic acids is 1. The molecule has 0 atom stereocenters. The van der Waals surface area contributed by atoms with Gasteiger partial charge in [-0.25, -0.2) is 18.2 Å². The summed E-state index contributed by atoms with van der Waals surface area (Å²) < 4.78 is 28.4. The lowest BCUT2D eigenvalue weighted by molar-refractivity contribution is 0.187. The molecule has 1 aromatic carbocycles. The van der Waals surface area contributed by atoms with Crippen molar-refractivity contribution in [3.8, 4) is 0 Å². The van der Waals surface area contributed by atoms with Crippen molar-refractivity contribution < 1.29 is 13.2 Å². The molecule has 0 unspecified atom stereocenters. The Bertz CT molecular complexity index is 1020. The summed E-state index contributed by atoms with van der Waals surface area (Å²) in [6.45, 7) is 10.8. The lowest BCUT2D eigenvalue weighted by Crippen LogP contribution is -2.44. The quantitative estimate of drug-likeness (QED) is 0.633. The molecule has 3 rings (SSSR count). The summed E-state index contributed by atoms with van der Waals surface area (Å²) in [7, 11) is -3.64. The first-order chi connectivity index (χ1) is 14.6. The van der Waals surface area contributed by atoms with Crippen LogP contribution in [0.4, 0.5) is 4.79 Å². The highest BCUT2D eigenvalue weighted by Crippen LogP contribution is 2.29. The molecule has 1 fully saturated rings. The molecule has 1 aliphatic rings. The number of nitrogens with zero attached hydrogens (tertiary/aromatic N) is 3. The Hall–Kier alpha value is -2.35. The highest BCUT2D eigenvalue weighted by atomic mass is 32.2. The van der Waals surface area contributed by atoms with Crippen LogP contribution in [-0.2, 0) is 28.7 Å². The van der Waals surface area contributed by atoms with E-state index in [-0.39, 0.29) is 34.9 Å². The predicted molar refractivity (Wildman–Crippen MR) is 121 cm³/mol. The van der Waals surface area contributed by atoms with Crippen molar-refractivity contribution in [3.63, 3.8) is 0 Å². The zero-order valence-electron chi connectivity index (χ0n) is 19.1. The second-order valence-electron chi connectivity index (χ2n) is 9.19. The molecule has 2 aromatic rings. The van der Waals surface area contributed by atoms with Crippen LogP contribution in [0.2, 0.25) is 0 Å². The molecular weight excluding hydrogens is 412 g/mol. The second-order valence-corrected chi connectivity index (χ2v) is 11.1. The topological polar surface area (TPSA) is 84.3 Å². The van der Waals surface area contributed by atoms with Crippen molar-refractivity contribution in [2.24, 2.45) is 5.92 Å². The number of urea groups is 1. The molecule has 31 heavy (non-hydrogen) atoms. The van der Waals surface area contributed by atoms with E-state index < -0.39 is 9.84 Å². The summed E-state index contributed by atoms with van der Waals surface area (Å²) in [6.07, 6.45) is 3.57. The van der Waals surface area contributed by atoms with E-state index in [2.05, 4.69) is 10.3 Å². The van der Waals surface area contributed by atoms with E-state index in [0.29, 0.717) is 13.1 Å². The number of carbonyl (C=O) groups is 1. The number of hydrogen-bond donors (Lipinski definition) is 1. The lowest BCUT2D eigenvalue weighted by atomic mass is 10.1. The highest BCUT2D eigenvalue weighted by molar-refractivity contribution is 7.90. The summed E-state index contributed by atoms with van der Waals surface area (Å²) in [6, 6.07) is 7.64. The Morgan fingerprint density at radius 1 is 1.23 bits per heavy atom. The van der Waals surface area contributed by atoms with Gasteiger partial charge in [-0.1, -0.05) is 38.1 Å². The van der Waals surface area contributed by atoms with Crippen molar-refractivity contribution >= 4 is 15.9 Å². The molecule has 170 valence electrons. The van der Waals surface area contributed by atoms with E-state index in [1.54, 1.807) is 10.8 Å². The van der Waals surface area contributed by atoms with Crippen LogP contribution < -0.4 is 5.32 Å². The van der Waals surface area contributed by atoms with Gasteiger partial charge in [-0.05, 0) is 50.7 Å². The van der Waals surface area contributed by atoms with E-state index >= 15 is 0 Å². The summed E-state index contributed by atoms with van der Waals surface area (Å²) in [4.78, 5) is 18.9. The number of hydrogen-bond acceptors (Lipinski definition) is 4. The molecule has 1 saturated carbocycles. The van der Waals surface area contributed by atoms with Gasteiger partial charge in [0.05, 0.1) is 24.2 Å². The molecular formula is C23H34N4O3S. The number of rotatable bonds is 9. The average molecular weight is 447 g/mol. The normalized spacial score (nSPS) is 14.3. The summed E-state index contributed by atoms with van der Waals surface area (Å²) in [5, 5.41) is 3.04. The first-order valence-corrected chi connectivity index (χ1v) is 12.6. The van der Waals surface area contributed by atoms with E-state index in [4.69, 9.17) is 0 Å². The number of nitrogens with one attached hydrogen (secondary N) is 1. The van der Waals surface area contributed by atoms with Gasteiger partial charge in [0, 0.05) is 18.6 Å². The molecule has 0 spiro atoms. The van der Waals surface area contributed by atoms with Gasteiger partial charge < -0.3 is 14.8 Å². The monoisotopic (exact) mass is 446 g/mol. The van der Waals surface area contributed by atoms with Crippen molar-refractivity contribution in [2.45, 2.75) is 83.5 Å². The van der Waals surface area contributed by atoms with Crippen molar-refractivity contribution in [2.75, 3.05) is 0 Å². The van der Waals surface area contributed by atoms with E-state index in [1.807, 2.05) is 63.8 Å². The van der Waals surface area contributed by atoms with Crippen LogP contribution in [0.5, 0.6) is 0 Å². The minimum atomic E-state index is -3.64. The van der Waals surface area contributed by atoms with Gasteiger partial charge in [0.15, 0.2) is 0 Å². The molecule has 1 aromatic heterocycles. The molecule has 0 saturated heterocycles. The van der Waals surface area contributed by atoms with Crippen molar-refractivity contribution in [1.82, 2.24) is 19.8 Å². The van der Waals surface area contributed by atoms with Gasteiger partial charge >= 0.3 is 6.03 Å². The minimum Gasteiger partial charge on any atom is -0.336 e. The van der Waals surface area contributed by atoms with Crippen LogP contribution in [0.15, 0.2) is 35.6 Å². The Labute approximate surface area is 185 Å². The number of amides is 2. The van der Waals surface area contributed by atoms with Crippen LogP contribution >= 0.6 is 0 Å². The maximum atomic E-state index is 13.3. The fourth-order valence-electron chi connectivity index (χ4n) is 3.63. The van der Waals surface area contributed by atoms with E-state index in [1.165, 1.54) is 0 Å². The average Bonchev–Trinajstić information content (AvgIpc) is 3.42. The molecule has 1 heterocycles. The van der Waals surface area contributed by atoms with Gasteiger partial charge in [-0.3, -0.25) is 0 Å². The standard InChI is InChI=1S/C23H34N4O3S/c1-16(2)13-27-21(14-26(20-10-11-20)22(28)25-17(3)4)12-24-23(27)31(29,30)15-19-9-7-6-8-18(19)5/h6-9,12,16-17,20H,10-11,13-15H2,1-5H3,(H,25,28). The third-order valence-electron chi connectivity index (χ3n) is 5.33. The van der Waals surface area contributed by atoms with Crippen LogP contribution in [-0.4, -0.2) is 41.0 Å². The van der Waals surface area contributed by atoms with Gasteiger partial charge in [0.1, 0.15) is 0 Å². The minimum absolute atomic E-state index is 0.0411. The maximum absolute atomic E-state index is 13.3. The fraction of sp³-hybridized carbons (Fsp3) is 0.565. The van der Waals surface area contributed by atoms with Gasteiger partial charge in [-0.2, -0.15) is 0 Å². The smallest absolute Gasteiger partial charge is 0.318 e. The highest BCUT2D eigenvalue weighted by Gasteiger charge is 2.34. The molecule has 2 amide bonds. The van der Waals surface area contributed by atoms with Crippen molar-refractivity contribution in [3.05, 3.63) is 47.3 Å². The summed E-state index contributed by atoms with van der Waals surface area (Å²) in [5.74, 6) is 0.147. The maximum Gasteiger partial charge on any atom is 0.318 e. The van der Waals surface area contributed by atoms with Gasteiger partial charge in [0.25, 0.3) is 0 Å². The number of sulfone groups is 1. The third-order valence-corrected chi connectivity index (χ3v) is 6.90. The molecule has 8 heteroatoms. The number of imidazole rings is 1. The molecule has 7 nitrogen and oxygen atoms in total. The fourth-order valence-corrected chi connectivity index (χ4v) is 5.23. The first kappa shape index (κ1) is 23.3. The second kappa shape index (κ2) is 9.42. The first-order valence-electron chi connectivity index (χ1n) is 11.0. The van der Waals surface area contributed by atoms with Crippen LogP contribution in [0.1, 0.15) is 57.4 Å². The summed E-state index contributed by atoms with van der Waals surface area (Å²) >= 11 is 0. The van der Waals surface area contributed by atoms with E-state index in [9.17, 15) is 13.2 Å². The van der Waals surface area contributed by atoms with Crippen LogP contribution in [0.3, 0.4) is 0 Å². The SMILES string of the molecule is Cc1ccccc1CS(=O)(=O)c1ncc(CN(C(=O)NC(C)C)C2CC2)n1CC(C)C. The zero-order chi connectivity index (χ0) is 22.8. The number of benzene rings is 1. The Kier molecular flexibility index (Phi) is 7.09. The molecule has 1 N–H and O–H groups in total. The number of aryl methyl sites for hydroxylation is 1. The molecule has 0 bridgehead atoms. The third kappa shape index (κ3) is 5.87. The zero-order valence-corrected chi connectivity index (χ0v) is 19.9. The summed E-state index contributed by atoms with van der Waals surface area (Å²) in [5.41, 5.74) is 2.47. The lowest BCUT2D eigenvalue weighted by Gasteiger charge is -2.25. The number of aromatic nitrogens is 2. The Morgan fingerprint density at radius 2 is 1.90 bits per heavy atom. The molecule has 0 aliphatic heterocycles.